The lowest BCUT2D eigenvalue weighted by atomic mass is 9.95. The van der Waals surface area contributed by atoms with Crippen LogP contribution in [0.1, 0.15) is 13.3 Å². The van der Waals surface area contributed by atoms with Crippen LogP contribution < -0.4 is 10.6 Å². The van der Waals surface area contributed by atoms with E-state index in [1.54, 1.807) is 6.07 Å². The summed E-state index contributed by atoms with van der Waals surface area (Å²) in [7, 11) is 0. The van der Waals surface area contributed by atoms with Gasteiger partial charge in [-0.2, -0.15) is 0 Å². The van der Waals surface area contributed by atoms with Crippen molar-refractivity contribution in [1.82, 2.24) is 5.32 Å². The molecule has 2 atom stereocenters. The Bertz CT molecular complexity index is 370. The molecule has 1 heterocycles. The minimum absolute atomic E-state index is 0.0225. The van der Waals surface area contributed by atoms with Crippen LogP contribution in [0.15, 0.2) is 18.2 Å². The number of phenolic OH excluding ortho intramolecular Hbond substituents is 1. The lowest BCUT2D eigenvalue weighted by Crippen LogP contribution is -2.42. The second-order valence-electron chi connectivity index (χ2n) is 4.38. The average molecular weight is 224 g/mol. The largest absolute Gasteiger partial charge is 0.506 e. The molecule has 1 aromatic carbocycles. The molecule has 0 saturated carbocycles. The fourth-order valence-electron chi connectivity index (χ4n) is 2.06. The molecule has 4 heteroatoms. The zero-order valence-corrected chi connectivity index (χ0v) is 9.33. The van der Waals surface area contributed by atoms with Crippen LogP contribution in [-0.4, -0.2) is 24.2 Å². The number of hydrogen-bond acceptors (Lipinski definition) is 3. The summed E-state index contributed by atoms with van der Waals surface area (Å²) in [4.78, 5) is 0. The van der Waals surface area contributed by atoms with E-state index in [4.69, 9.17) is 0 Å². The highest BCUT2D eigenvalue weighted by molar-refractivity contribution is 5.56. The van der Waals surface area contributed by atoms with E-state index in [2.05, 4.69) is 17.6 Å². The first-order chi connectivity index (χ1) is 7.66. The van der Waals surface area contributed by atoms with Gasteiger partial charge in [-0.3, -0.25) is 0 Å². The number of benzene rings is 1. The molecule has 1 aliphatic heterocycles. The van der Waals surface area contributed by atoms with Crippen molar-refractivity contribution in [3.63, 3.8) is 0 Å². The molecule has 3 nitrogen and oxygen atoms in total. The van der Waals surface area contributed by atoms with E-state index >= 15 is 0 Å². The second kappa shape index (κ2) is 4.70. The maximum absolute atomic E-state index is 12.8. The molecule has 0 radical (unpaired) electrons. The molecule has 0 aliphatic carbocycles. The summed E-state index contributed by atoms with van der Waals surface area (Å²) >= 11 is 0. The number of anilines is 1. The van der Waals surface area contributed by atoms with Gasteiger partial charge in [-0.25, -0.2) is 4.39 Å². The van der Waals surface area contributed by atoms with Crippen molar-refractivity contribution in [1.29, 1.82) is 0 Å². The first kappa shape index (κ1) is 11.2. The standard InChI is InChI=1S/C12H17FN2O/c1-8-7-14-5-4-10(8)15-11-3-2-9(13)6-12(11)16/h2-3,6,8,10,14-16H,4-5,7H2,1H3/t8-,10+/m0/s1. The number of halogens is 1. The third kappa shape index (κ3) is 2.44. The SMILES string of the molecule is C[C@H]1CNCC[C@H]1Nc1ccc(F)cc1O. The highest BCUT2D eigenvalue weighted by Crippen LogP contribution is 2.26. The maximum atomic E-state index is 12.8. The van der Waals surface area contributed by atoms with Crippen LogP contribution in [0.25, 0.3) is 0 Å². The minimum atomic E-state index is -0.415. The molecule has 0 unspecified atom stereocenters. The zero-order chi connectivity index (χ0) is 11.5. The lowest BCUT2D eigenvalue weighted by molar-refractivity contribution is 0.367. The smallest absolute Gasteiger partial charge is 0.141 e. The second-order valence-corrected chi connectivity index (χ2v) is 4.38. The lowest BCUT2D eigenvalue weighted by Gasteiger charge is -2.31. The van der Waals surface area contributed by atoms with Crippen LogP contribution in [-0.2, 0) is 0 Å². The summed E-state index contributed by atoms with van der Waals surface area (Å²) in [5.41, 5.74) is 0.611. The van der Waals surface area contributed by atoms with Crippen molar-refractivity contribution in [2.75, 3.05) is 18.4 Å². The van der Waals surface area contributed by atoms with Crippen LogP contribution >= 0.6 is 0 Å². The van der Waals surface area contributed by atoms with Crippen molar-refractivity contribution < 1.29 is 9.50 Å². The Kier molecular flexibility index (Phi) is 3.29. The summed E-state index contributed by atoms with van der Waals surface area (Å²) in [6, 6.07) is 4.40. The fourth-order valence-corrected chi connectivity index (χ4v) is 2.06. The van der Waals surface area contributed by atoms with Gasteiger partial charge in [0, 0.05) is 12.1 Å². The van der Waals surface area contributed by atoms with Crippen LogP contribution in [0.5, 0.6) is 5.75 Å². The van der Waals surface area contributed by atoms with Gasteiger partial charge < -0.3 is 15.7 Å². The van der Waals surface area contributed by atoms with E-state index in [1.807, 2.05) is 0 Å². The van der Waals surface area contributed by atoms with Crippen molar-refractivity contribution in [2.24, 2.45) is 5.92 Å². The van der Waals surface area contributed by atoms with E-state index in [9.17, 15) is 9.50 Å². The summed E-state index contributed by atoms with van der Waals surface area (Å²) in [6.07, 6.45) is 1.01. The van der Waals surface area contributed by atoms with Crippen LogP contribution in [0, 0.1) is 11.7 Å². The molecule has 88 valence electrons. The quantitative estimate of drug-likeness (QED) is 0.673. The summed E-state index contributed by atoms with van der Waals surface area (Å²) < 4.78 is 12.8. The summed E-state index contributed by atoms with van der Waals surface area (Å²) in [5, 5.41) is 16.2. The minimum Gasteiger partial charge on any atom is -0.506 e. The monoisotopic (exact) mass is 224 g/mol. The van der Waals surface area contributed by atoms with Crippen molar-refractivity contribution in [3.8, 4) is 5.75 Å². The van der Waals surface area contributed by atoms with Crippen molar-refractivity contribution in [2.45, 2.75) is 19.4 Å². The molecule has 1 aromatic rings. The zero-order valence-electron chi connectivity index (χ0n) is 9.33. The van der Waals surface area contributed by atoms with Gasteiger partial charge in [0.2, 0.25) is 0 Å². The van der Waals surface area contributed by atoms with Gasteiger partial charge in [-0.05, 0) is 37.6 Å². The van der Waals surface area contributed by atoms with Gasteiger partial charge in [-0.1, -0.05) is 6.92 Å². The van der Waals surface area contributed by atoms with Gasteiger partial charge in [0.15, 0.2) is 0 Å². The molecule has 0 amide bonds. The fraction of sp³-hybridized carbons (Fsp3) is 0.500. The van der Waals surface area contributed by atoms with Gasteiger partial charge in [-0.15, -0.1) is 0 Å². The predicted molar refractivity (Wildman–Crippen MR) is 62.1 cm³/mol. The number of aromatic hydroxyl groups is 1. The first-order valence-electron chi connectivity index (χ1n) is 5.62. The average Bonchev–Trinajstić information content (AvgIpc) is 2.25. The third-order valence-corrected chi connectivity index (χ3v) is 3.09. The van der Waals surface area contributed by atoms with E-state index in [0.29, 0.717) is 17.6 Å². The number of hydrogen-bond donors (Lipinski definition) is 3. The topological polar surface area (TPSA) is 44.3 Å². The van der Waals surface area contributed by atoms with Crippen LogP contribution in [0.2, 0.25) is 0 Å². The molecular weight excluding hydrogens is 207 g/mol. The first-order valence-corrected chi connectivity index (χ1v) is 5.62. The number of piperidine rings is 1. The Balaban J connectivity index is 2.07. The third-order valence-electron chi connectivity index (χ3n) is 3.09. The number of rotatable bonds is 2. The van der Waals surface area contributed by atoms with E-state index in [-0.39, 0.29) is 5.75 Å². The van der Waals surface area contributed by atoms with Crippen LogP contribution in [0.4, 0.5) is 10.1 Å². The predicted octanol–water partition coefficient (Wildman–Crippen LogP) is 1.94. The van der Waals surface area contributed by atoms with Gasteiger partial charge in [0.1, 0.15) is 11.6 Å². The Morgan fingerprint density at radius 2 is 2.31 bits per heavy atom. The summed E-state index contributed by atoms with van der Waals surface area (Å²) in [6.45, 7) is 4.11. The van der Waals surface area contributed by atoms with E-state index < -0.39 is 5.82 Å². The molecule has 1 saturated heterocycles. The Labute approximate surface area is 94.7 Å². The van der Waals surface area contributed by atoms with Crippen molar-refractivity contribution in [3.05, 3.63) is 24.0 Å². The highest BCUT2D eigenvalue weighted by atomic mass is 19.1. The molecule has 16 heavy (non-hydrogen) atoms. The molecule has 0 bridgehead atoms. The summed E-state index contributed by atoms with van der Waals surface area (Å²) in [5.74, 6) is 0.0605. The number of phenols is 1. The highest BCUT2D eigenvalue weighted by Gasteiger charge is 2.21. The molecule has 1 fully saturated rings. The van der Waals surface area contributed by atoms with Gasteiger partial charge in [0.25, 0.3) is 0 Å². The Morgan fingerprint density at radius 3 is 3.00 bits per heavy atom. The van der Waals surface area contributed by atoms with Gasteiger partial charge in [0.05, 0.1) is 5.69 Å². The normalized spacial score (nSPS) is 25.4. The van der Waals surface area contributed by atoms with Gasteiger partial charge >= 0.3 is 0 Å². The molecule has 2 rings (SSSR count). The molecule has 3 N–H and O–H groups in total. The Morgan fingerprint density at radius 1 is 1.50 bits per heavy atom. The molecular formula is C12H17FN2O. The molecule has 0 aromatic heterocycles. The van der Waals surface area contributed by atoms with E-state index in [1.165, 1.54) is 6.07 Å². The van der Waals surface area contributed by atoms with E-state index in [0.717, 1.165) is 25.6 Å². The van der Waals surface area contributed by atoms with Crippen LogP contribution in [0.3, 0.4) is 0 Å². The number of nitrogens with one attached hydrogen (secondary N) is 2. The van der Waals surface area contributed by atoms with Crippen molar-refractivity contribution >= 4 is 5.69 Å². The Hall–Kier alpha value is -1.29. The molecule has 0 spiro atoms. The molecule has 1 aliphatic rings. The maximum Gasteiger partial charge on any atom is 0.141 e.